The molecule has 1 aromatic carbocycles. The van der Waals surface area contributed by atoms with Crippen molar-refractivity contribution in [3.8, 4) is 11.5 Å². The van der Waals surface area contributed by atoms with E-state index in [1.165, 1.54) is 16.2 Å². The number of benzene rings is 1. The van der Waals surface area contributed by atoms with Crippen LogP contribution in [0.25, 0.3) is 0 Å². The fourth-order valence-corrected chi connectivity index (χ4v) is 3.33. The van der Waals surface area contributed by atoms with Crippen LogP contribution in [0.4, 0.5) is 10.5 Å². The molecule has 0 saturated heterocycles. The van der Waals surface area contributed by atoms with Gasteiger partial charge < -0.3 is 19.5 Å². The van der Waals surface area contributed by atoms with Crippen molar-refractivity contribution in [3.63, 3.8) is 0 Å². The van der Waals surface area contributed by atoms with Gasteiger partial charge in [-0.3, -0.25) is 9.69 Å². The van der Waals surface area contributed by atoms with Crippen LogP contribution >= 0.6 is 11.3 Å². The molecule has 2 amide bonds. The SMILES string of the molecule is C[C@@H](C(=O)NCc1ccc2c(c1)OCO2)N(C(=O)OC(C)(C)C)c1ccsc1. The molecule has 0 aliphatic carbocycles. The smallest absolute Gasteiger partial charge is 0.415 e. The zero-order valence-electron chi connectivity index (χ0n) is 16.4. The van der Waals surface area contributed by atoms with Gasteiger partial charge in [-0.1, -0.05) is 6.07 Å². The van der Waals surface area contributed by atoms with Gasteiger partial charge in [-0.05, 0) is 56.8 Å². The summed E-state index contributed by atoms with van der Waals surface area (Å²) >= 11 is 1.45. The quantitative estimate of drug-likeness (QED) is 0.817. The molecule has 1 aromatic heterocycles. The van der Waals surface area contributed by atoms with Crippen molar-refractivity contribution in [2.45, 2.75) is 45.9 Å². The largest absolute Gasteiger partial charge is 0.454 e. The number of hydrogen-bond acceptors (Lipinski definition) is 6. The van der Waals surface area contributed by atoms with Crippen LogP contribution in [-0.2, 0) is 16.1 Å². The number of carbonyl (C=O) groups excluding carboxylic acids is 2. The summed E-state index contributed by atoms with van der Waals surface area (Å²) in [6.07, 6.45) is -0.559. The summed E-state index contributed by atoms with van der Waals surface area (Å²) < 4.78 is 16.1. The molecule has 0 fully saturated rings. The van der Waals surface area contributed by atoms with Crippen LogP contribution in [0, 0.1) is 0 Å². The fraction of sp³-hybridized carbons (Fsp3) is 0.400. The third kappa shape index (κ3) is 4.75. The third-order valence-corrected chi connectivity index (χ3v) is 4.72. The Kier molecular flexibility index (Phi) is 5.79. The van der Waals surface area contributed by atoms with Crippen LogP contribution in [0.3, 0.4) is 0 Å². The Labute approximate surface area is 168 Å². The predicted molar refractivity (Wildman–Crippen MR) is 107 cm³/mol. The monoisotopic (exact) mass is 404 g/mol. The van der Waals surface area contributed by atoms with E-state index in [1.54, 1.807) is 33.8 Å². The van der Waals surface area contributed by atoms with E-state index in [0.29, 0.717) is 23.7 Å². The van der Waals surface area contributed by atoms with Crippen molar-refractivity contribution in [2.75, 3.05) is 11.7 Å². The van der Waals surface area contributed by atoms with E-state index in [2.05, 4.69) is 5.32 Å². The lowest BCUT2D eigenvalue weighted by molar-refractivity contribution is -0.122. The second-order valence-electron chi connectivity index (χ2n) is 7.41. The molecular formula is C20H24N2O5S. The van der Waals surface area contributed by atoms with Crippen molar-refractivity contribution >= 4 is 29.0 Å². The minimum Gasteiger partial charge on any atom is -0.454 e. The summed E-state index contributed by atoms with van der Waals surface area (Å²) in [5.74, 6) is 1.07. The Hall–Kier alpha value is -2.74. The van der Waals surface area contributed by atoms with E-state index in [1.807, 2.05) is 29.0 Å². The number of rotatable bonds is 5. The van der Waals surface area contributed by atoms with Crippen LogP contribution in [0.1, 0.15) is 33.3 Å². The molecule has 2 aromatic rings. The van der Waals surface area contributed by atoms with Crippen LogP contribution in [0.5, 0.6) is 11.5 Å². The first kappa shape index (κ1) is 20.0. The lowest BCUT2D eigenvalue weighted by Crippen LogP contribution is -2.49. The summed E-state index contributed by atoms with van der Waals surface area (Å²) in [6.45, 7) is 7.57. The van der Waals surface area contributed by atoms with Crippen LogP contribution < -0.4 is 19.7 Å². The second-order valence-corrected chi connectivity index (χ2v) is 8.19. The van der Waals surface area contributed by atoms with E-state index >= 15 is 0 Å². The molecular weight excluding hydrogens is 380 g/mol. The van der Waals surface area contributed by atoms with E-state index in [9.17, 15) is 9.59 Å². The molecule has 1 atom stereocenters. The minimum absolute atomic E-state index is 0.202. The van der Waals surface area contributed by atoms with Gasteiger partial charge in [0.05, 0.1) is 5.69 Å². The van der Waals surface area contributed by atoms with E-state index in [4.69, 9.17) is 14.2 Å². The highest BCUT2D eigenvalue weighted by Crippen LogP contribution is 2.32. The highest BCUT2D eigenvalue weighted by molar-refractivity contribution is 7.08. The molecule has 28 heavy (non-hydrogen) atoms. The normalized spacial score (nSPS) is 13.7. The maximum atomic E-state index is 12.7. The molecule has 2 heterocycles. The van der Waals surface area contributed by atoms with Gasteiger partial charge >= 0.3 is 6.09 Å². The van der Waals surface area contributed by atoms with Gasteiger partial charge in [-0.15, -0.1) is 0 Å². The van der Waals surface area contributed by atoms with Crippen LogP contribution in [0.15, 0.2) is 35.0 Å². The van der Waals surface area contributed by atoms with Crippen molar-refractivity contribution in [3.05, 3.63) is 40.6 Å². The van der Waals surface area contributed by atoms with Crippen molar-refractivity contribution in [2.24, 2.45) is 0 Å². The summed E-state index contributed by atoms with van der Waals surface area (Å²) in [5, 5.41) is 6.53. The molecule has 8 heteroatoms. The molecule has 0 spiro atoms. The number of anilines is 1. The number of nitrogens with zero attached hydrogens (tertiary/aromatic N) is 1. The Morgan fingerprint density at radius 3 is 2.68 bits per heavy atom. The third-order valence-electron chi connectivity index (χ3n) is 4.04. The molecule has 0 unspecified atom stereocenters. The van der Waals surface area contributed by atoms with Gasteiger partial charge in [0.2, 0.25) is 12.7 Å². The van der Waals surface area contributed by atoms with Crippen molar-refractivity contribution in [1.29, 1.82) is 0 Å². The zero-order valence-corrected chi connectivity index (χ0v) is 17.2. The number of amides is 2. The number of fused-ring (bicyclic) bond motifs is 1. The maximum absolute atomic E-state index is 12.7. The standard InChI is InChI=1S/C20H24N2O5S/c1-13(22(15-7-8-28-11-15)19(24)27-20(2,3)4)18(23)21-10-14-5-6-16-17(9-14)26-12-25-16/h5-9,11,13H,10,12H2,1-4H3,(H,21,23)/t13-/m0/s1. The van der Waals surface area contributed by atoms with Gasteiger partial charge in [-0.25, -0.2) is 4.79 Å². The van der Waals surface area contributed by atoms with Crippen LogP contribution in [-0.4, -0.2) is 30.4 Å². The Morgan fingerprint density at radius 1 is 1.25 bits per heavy atom. The van der Waals surface area contributed by atoms with E-state index < -0.39 is 17.7 Å². The first-order chi connectivity index (χ1) is 13.2. The zero-order chi connectivity index (χ0) is 20.3. The van der Waals surface area contributed by atoms with Gasteiger partial charge in [0.25, 0.3) is 0 Å². The minimum atomic E-state index is -0.738. The Morgan fingerprint density at radius 2 is 2.00 bits per heavy atom. The van der Waals surface area contributed by atoms with Gasteiger partial charge in [0, 0.05) is 11.9 Å². The molecule has 1 aliphatic rings. The summed E-state index contributed by atoms with van der Waals surface area (Å²) in [4.78, 5) is 26.8. The highest BCUT2D eigenvalue weighted by Gasteiger charge is 2.31. The lowest BCUT2D eigenvalue weighted by Gasteiger charge is -2.30. The van der Waals surface area contributed by atoms with Gasteiger partial charge in [0.1, 0.15) is 11.6 Å². The summed E-state index contributed by atoms with van der Waals surface area (Å²) in [6, 6.07) is 6.56. The first-order valence-electron chi connectivity index (χ1n) is 8.95. The number of nitrogens with one attached hydrogen (secondary N) is 1. The summed E-state index contributed by atoms with van der Waals surface area (Å²) in [7, 11) is 0. The van der Waals surface area contributed by atoms with Crippen molar-refractivity contribution < 1.29 is 23.8 Å². The lowest BCUT2D eigenvalue weighted by atomic mass is 10.2. The molecule has 0 bridgehead atoms. The molecule has 7 nitrogen and oxygen atoms in total. The Bertz CT molecular complexity index is 845. The van der Waals surface area contributed by atoms with E-state index in [-0.39, 0.29) is 12.7 Å². The molecule has 1 aliphatic heterocycles. The van der Waals surface area contributed by atoms with Gasteiger partial charge in [-0.2, -0.15) is 11.3 Å². The molecule has 0 saturated carbocycles. The van der Waals surface area contributed by atoms with E-state index in [0.717, 1.165) is 5.56 Å². The average molecular weight is 404 g/mol. The fourth-order valence-electron chi connectivity index (χ4n) is 2.70. The maximum Gasteiger partial charge on any atom is 0.415 e. The average Bonchev–Trinajstić information content (AvgIpc) is 3.29. The number of ether oxygens (including phenoxy) is 3. The number of hydrogen-bond donors (Lipinski definition) is 1. The molecule has 0 radical (unpaired) electrons. The number of thiophene rings is 1. The first-order valence-corrected chi connectivity index (χ1v) is 9.89. The number of carbonyl (C=O) groups is 2. The molecule has 150 valence electrons. The van der Waals surface area contributed by atoms with Gasteiger partial charge in [0.15, 0.2) is 11.5 Å². The predicted octanol–water partition coefficient (Wildman–Crippen LogP) is 3.92. The second kappa shape index (κ2) is 8.10. The topological polar surface area (TPSA) is 77.1 Å². The Balaban J connectivity index is 1.68. The van der Waals surface area contributed by atoms with Crippen LogP contribution in [0.2, 0.25) is 0 Å². The summed E-state index contributed by atoms with van der Waals surface area (Å²) in [5.41, 5.74) is 0.850. The highest BCUT2D eigenvalue weighted by atomic mass is 32.1. The van der Waals surface area contributed by atoms with Crippen molar-refractivity contribution in [1.82, 2.24) is 5.32 Å². The molecule has 3 rings (SSSR count). The molecule has 1 N–H and O–H groups in total.